The average molecular weight is 296 g/mol. The van der Waals surface area contributed by atoms with Gasteiger partial charge in [0.25, 0.3) is 0 Å². The summed E-state index contributed by atoms with van der Waals surface area (Å²) in [4.78, 5) is 34.9. The van der Waals surface area contributed by atoms with Crippen molar-refractivity contribution in [2.24, 2.45) is 17.8 Å². The molecule has 2 aliphatic carbocycles. The lowest BCUT2D eigenvalue weighted by Crippen LogP contribution is -2.37. The molecule has 0 aromatic heterocycles. The monoisotopic (exact) mass is 296 g/mol. The van der Waals surface area contributed by atoms with E-state index in [-0.39, 0.29) is 24.8 Å². The molecule has 3 atom stereocenters. The minimum Gasteiger partial charge on any atom is -0.481 e. The van der Waals surface area contributed by atoms with Gasteiger partial charge < -0.3 is 15.7 Å². The van der Waals surface area contributed by atoms with Gasteiger partial charge in [0.05, 0.1) is 11.8 Å². The number of hydrogen-bond acceptors (Lipinski definition) is 3. The number of amides is 2. The third-order valence-electron chi connectivity index (χ3n) is 4.49. The highest BCUT2D eigenvalue weighted by molar-refractivity contribution is 5.85. The van der Waals surface area contributed by atoms with Gasteiger partial charge in [-0.15, -0.1) is 0 Å². The van der Waals surface area contributed by atoms with E-state index in [4.69, 9.17) is 0 Å². The summed E-state index contributed by atoms with van der Waals surface area (Å²) in [6, 6.07) is 0.324. The smallest absolute Gasteiger partial charge is 0.307 e. The van der Waals surface area contributed by atoms with Crippen LogP contribution in [0.15, 0.2) is 0 Å². The molecule has 0 aromatic carbocycles. The summed E-state index contributed by atoms with van der Waals surface area (Å²) in [6.45, 7) is 2.29. The molecule has 0 aliphatic heterocycles. The first-order chi connectivity index (χ1) is 10.0. The highest BCUT2D eigenvalue weighted by Gasteiger charge is 2.41. The molecular weight excluding hydrogens is 272 g/mol. The van der Waals surface area contributed by atoms with Crippen LogP contribution in [0.5, 0.6) is 0 Å². The molecule has 2 amide bonds. The molecule has 6 heteroatoms. The van der Waals surface area contributed by atoms with Crippen LogP contribution in [-0.4, -0.2) is 35.5 Å². The topological polar surface area (TPSA) is 95.5 Å². The van der Waals surface area contributed by atoms with E-state index in [1.54, 1.807) is 0 Å². The second-order valence-corrected chi connectivity index (χ2v) is 6.18. The summed E-state index contributed by atoms with van der Waals surface area (Å²) in [7, 11) is 0. The Hall–Kier alpha value is -1.59. The lowest BCUT2D eigenvalue weighted by molar-refractivity contribution is -0.146. The Morgan fingerprint density at radius 2 is 1.81 bits per heavy atom. The molecule has 0 radical (unpaired) electrons. The number of hydrogen-bond donors (Lipinski definition) is 3. The van der Waals surface area contributed by atoms with Crippen molar-refractivity contribution in [1.29, 1.82) is 0 Å². The van der Waals surface area contributed by atoms with E-state index in [0.717, 1.165) is 19.3 Å². The molecule has 0 heterocycles. The fourth-order valence-corrected chi connectivity index (χ4v) is 3.00. The van der Waals surface area contributed by atoms with E-state index in [1.165, 1.54) is 0 Å². The van der Waals surface area contributed by atoms with Crippen molar-refractivity contribution in [3.8, 4) is 0 Å². The Balaban J connectivity index is 1.75. The normalized spacial score (nSPS) is 28.1. The van der Waals surface area contributed by atoms with Gasteiger partial charge in [-0.25, -0.2) is 0 Å². The third kappa shape index (κ3) is 4.44. The van der Waals surface area contributed by atoms with Crippen LogP contribution in [0.4, 0.5) is 0 Å². The van der Waals surface area contributed by atoms with Crippen molar-refractivity contribution in [3.05, 3.63) is 0 Å². The van der Waals surface area contributed by atoms with Gasteiger partial charge in [0.2, 0.25) is 11.8 Å². The second kappa shape index (κ2) is 6.91. The van der Waals surface area contributed by atoms with Gasteiger partial charge in [-0.1, -0.05) is 13.3 Å². The number of nitrogens with one attached hydrogen (secondary N) is 2. The van der Waals surface area contributed by atoms with Crippen LogP contribution in [0, 0.1) is 17.8 Å². The van der Waals surface area contributed by atoms with Gasteiger partial charge in [-0.2, -0.15) is 0 Å². The van der Waals surface area contributed by atoms with Crippen LogP contribution in [0.2, 0.25) is 0 Å². The molecule has 3 N–H and O–H groups in total. The van der Waals surface area contributed by atoms with Crippen LogP contribution in [0.1, 0.15) is 45.4 Å². The molecule has 2 rings (SSSR count). The zero-order valence-corrected chi connectivity index (χ0v) is 12.4. The van der Waals surface area contributed by atoms with Crippen LogP contribution in [-0.2, 0) is 14.4 Å². The van der Waals surface area contributed by atoms with Crippen LogP contribution < -0.4 is 10.6 Å². The summed E-state index contributed by atoms with van der Waals surface area (Å²) in [5.41, 5.74) is 0. The van der Waals surface area contributed by atoms with Crippen molar-refractivity contribution < 1.29 is 19.5 Å². The number of carbonyl (C=O) groups excluding carboxylic acids is 2. The molecule has 21 heavy (non-hydrogen) atoms. The summed E-state index contributed by atoms with van der Waals surface area (Å²) in [5, 5.41) is 14.8. The summed E-state index contributed by atoms with van der Waals surface area (Å²) < 4.78 is 0. The molecule has 6 nitrogen and oxygen atoms in total. The van der Waals surface area contributed by atoms with Crippen molar-refractivity contribution in [2.75, 3.05) is 6.54 Å². The van der Waals surface area contributed by atoms with Crippen LogP contribution in [0.25, 0.3) is 0 Å². The second-order valence-electron chi connectivity index (χ2n) is 6.18. The molecule has 2 aliphatic rings. The Bertz CT molecular complexity index is 420. The van der Waals surface area contributed by atoms with E-state index < -0.39 is 17.8 Å². The van der Waals surface area contributed by atoms with Gasteiger partial charge >= 0.3 is 5.97 Å². The summed E-state index contributed by atoms with van der Waals surface area (Å²) in [6.07, 6.45) is 4.44. The van der Waals surface area contributed by atoms with E-state index in [0.29, 0.717) is 24.8 Å². The van der Waals surface area contributed by atoms with Gasteiger partial charge in [0, 0.05) is 19.0 Å². The molecule has 1 unspecified atom stereocenters. The Morgan fingerprint density at radius 1 is 1.14 bits per heavy atom. The van der Waals surface area contributed by atoms with Gasteiger partial charge in [-0.3, -0.25) is 14.4 Å². The molecule has 0 bridgehead atoms. The fraction of sp³-hybridized carbons (Fsp3) is 0.800. The van der Waals surface area contributed by atoms with Crippen molar-refractivity contribution in [2.45, 2.75) is 51.5 Å². The maximum absolute atomic E-state index is 12.1. The first-order valence-corrected chi connectivity index (χ1v) is 7.81. The Labute approximate surface area is 124 Å². The van der Waals surface area contributed by atoms with Gasteiger partial charge in [-0.05, 0) is 31.6 Å². The average Bonchev–Trinajstić information content (AvgIpc) is 3.13. The lowest BCUT2D eigenvalue weighted by Gasteiger charge is -2.15. The zero-order chi connectivity index (χ0) is 15.4. The maximum Gasteiger partial charge on any atom is 0.307 e. The van der Waals surface area contributed by atoms with E-state index in [2.05, 4.69) is 10.6 Å². The fourth-order valence-electron chi connectivity index (χ4n) is 3.00. The minimum absolute atomic E-state index is 0.0505. The molecule has 118 valence electrons. The highest BCUT2D eigenvalue weighted by Crippen LogP contribution is 2.38. The Morgan fingerprint density at radius 3 is 2.38 bits per heavy atom. The number of carboxylic acids is 1. The molecular formula is C15H24N2O4. The molecule has 0 spiro atoms. The van der Waals surface area contributed by atoms with Gasteiger partial charge in [0.15, 0.2) is 0 Å². The summed E-state index contributed by atoms with van der Waals surface area (Å²) in [5.74, 6) is -1.91. The Kier molecular flexibility index (Phi) is 5.20. The lowest BCUT2D eigenvalue weighted by atomic mass is 9.95. The maximum atomic E-state index is 12.1. The quantitative estimate of drug-likeness (QED) is 0.650. The predicted octanol–water partition coefficient (Wildman–Crippen LogP) is 0.908. The molecule has 0 aromatic rings. The number of carbonyl (C=O) groups is 3. The van der Waals surface area contributed by atoms with Gasteiger partial charge in [0.1, 0.15) is 0 Å². The standard InChI is InChI=1S/C15H24N2O4/c1-2-9-7-11(12(8-9)15(20)21)14(19)16-6-5-13(18)17-10-3-4-10/h9-12H,2-8H2,1H3,(H,16,19)(H,17,18)(H,20,21)/t9?,11-,12+/m0/s1. The largest absolute Gasteiger partial charge is 0.481 e. The summed E-state index contributed by atoms with van der Waals surface area (Å²) >= 11 is 0. The molecule has 2 fully saturated rings. The number of rotatable bonds is 7. The first-order valence-electron chi connectivity index (χ1n) is 7.81. The van der Waals surface area contributed by atoms with E-state index >= 15 is 0 Å². The van der Waals surface area contributed by atoms with E-state index in [9.17, 15) is 19.5 Å². The first kappa shape index (κ1) is 15.8. The predicted molar refractivity (Wildman–Crippen MR) is 76.4 cm³/mol. The van der Waals surface area contributed by atoms with E-state index in [1.807, 2.05) is 6.92 Å². The zero-order valence-electron chi connectivity index (χ0n) is 12.4. The van der Waals surface area contributed by atoms with Crippen molar-refractivity contribution in [1.82, 2.24) is 10.6 Å². The molecule has 2 saturated carbocycles. The number of carboxylic acid groups (broad SMARTS) is 1. The van der Waals surface area contributed by atoms with Crippen molar-refractivity contribution in [3.63, 3.8) is 0 Å². The highest BCUT2D eigenvalue weighted by atomic mass is 16.4. The SMILES string of the molecule is CCC1C[C@H](C(=O)NCCC(=O)NC2CC2)[C@H](C(=O)O)C1. The third-order valence-corrected chi connectivity index (χ3v) is 4.49. The molecule has 0 saturated heterocycles. The minimum atomic E-state index is -0.891. The van der Waals surface area contributed by atoms with Crippen LogP contribution in [0.3, 0.4) is 0 Å². The van der Waals surface area contributed by atoms with Crippen molar-refractivity contribution >= 4 is 17.8 Å². The van der Waals surface area contributed by atoms with Crippen LogP contribution >= 0.6 is 0 Å². The number of aliphatic carboxylic acids is 1.